The van der Waals surface area contributed by atoms with Gasteiger partial charge in [0.15, 0.2) is 5.82 Å². The summed E-state index contributed by atoms with van der Waals surface area (Å²) < 4.78 is 11.2. The van der Waals surface area contributed by atoms with E-state index in [0.717, 1.165) is 18.0 Å². The molecule has 0 saturated carbocycles. The van der Waals surface area contributed by atoms with Gasteiger partial charge in [0.05, 0.1) is 18.4 Å². The van der Waals surface area contributed by atoms with Crippen LogP contribution in [-0.2, 0) is 6.42 Å². The van der Waals surface area contributed by atoms with Crippen molar-refractivity contribution in [2.45, 2.75) is 32.1 Å². The molecule has 1 aromatic carbocycles. The smallest absolute Gasteiger partial charge is 0.231 e. The lowest BCUT2D eigenvalue weighted by Gasteiger charge is -2.22. The Bertz CT molecular complexity index is 609. The summed E-state index contributed by atoms with van der Waals surface area (Å²) in [6.07, 6.45) is 0.879. The number of nitrogens with two attached hydrogens (primary N) is 1. The molecule has 0 amide bonds. The summed E-state index contributed by atoms with van der Waals surface area (Å²) in [6, 6.07) is 8.09. The Hall–Kier alpha value is -1.88. The zero-order valence-electron chi connectivity index (χ0n) is 12.5. The molecule has 0 spiro atoms. The second-order valence-corrected chi connectivity index (χ2v) is 5.90. The molecule has 0 aliphatic carbocycles. The molecular formula is C16H21N3O2. The lowest BCUT2D eigenvalue weighted by atomic mass is 9.95. The van der Waals surface area contributed by atoms with Gasteiger partial charge in [-0.2, -0.15) is 4.98 Å². The van der Waals surface area contributed by atoms with Crippen molar-refractivity contribution in [1.29, 1.82) is 0 Å². The minimum atomic E-state index is 0.114. The normalized spacial score (nSPS) is 19.1. The van der Waals surface area contributed by atoms with Gasteiger partial charge in [-0.1, -0.05) is 37.2 Å². The van der Waals surface area contributed by atoms with Crippen molar-refractivity contribution in [3.63, 3.8) is 0 Å². The van der Waals surface area contributed by atoms with E-state index < -0.39 is 0 Å². The second-order valence-electron chi connectivity index (χ2n) is 5.90. The number of hydrogen-bond acceptors (Lipinski definition) is 5. The molecule has 112 valence electrons. The van der Waals surface area contributed by atoms with E-state index in [2.05, 4.69) is 30.1 Å². The van der Waals surface area contributed by atoms with E-state index in [1.165, 1.54) is 5.56 Å². The Labute approximate surface area is 124 Å². The van der Waals surface area contributed by atoms with E-state index in [4.69, 9.17) is 15.0 Å². The molecule has 0 saturated heterocycles. The Kier molecular flexibility index (Phi) is 3.92. The van der Waals surface area contributed by atoms with Crippen LogP contribution in [0.1, 0.15) is 43.0 Å². The number of nitrogens with zero attached hydrogens (tertiary/aromatic N) is 2. The molecule has 2 N–H and O–H groups in total. The zero-order valence-corrected chi connectivity index (χ0v) is 12.5. The van der Waals surface area contributed by atoms with Gasteiger partial charge in [0.25, 0.3) is 0 Å². The van der Waals surface area contributed by atoms with Crippen molar-refractivity contribution in [2.24, 2.45) is 11.7 Å². The van der Waals surface area contributed by atoms with Crippen LogP contribution in [0, 0.1) is 5.92 Å². The predicted octanol–water partition coefficient (Wildman–Crippen LogP) is 2.49. The highest BCUT2D eigenvalue weighted by molar-refractivity contribution is 5.36. The number of ether oxygens (including phenoxy) is 1. The first kappa shape index (κ1) is 14.1. The van der Waals surface area contributed by atoms with Crippen LogP contribution in [0.4, 0.5) is 0 Å². The predicted molar refractivity (Wildman–Crippen MR) is 79.3 cm³/mol. The molecule has 2 aromatic rings. The molecule has 1 aliphatic rings. The lowest BCUT2D eigenvalue weighted by Crippen LogP contribution is -2.21. The Morgan fingerprint density at radius 2 is 2.14 bits per heavy atom. The van der Waals surface area contributed by atoms with E-state index in [9.17, 15) is 0 Å². The average molecular weight is 287 g/mol. The van der Waals surface area contributed by atoms with Gasteiger partial charge in [0, 0.05) is 6.54 Å². The van der Waals surface area contributed by atoms with Crippen molar-refractivity contribution < 1.29 is 9.26 Å². The van der Waals surface area contributed by atoms with Gasteiger partial charge in [-0.05, 0) is 24.0 Å². The van der Waals surface area contributed by atoms with Crippen molar-refractivity contribution in [3.05, 3.63) is 41.5 Å². The van der Waals surface area contributed by atoms with Gasteiger partial charge in [0.2, 0.25) is 5.89 Å². The van der Waals surface area contributed by atoms with Gasteiger partial charge in [-0.3, -0.25) is 0 Å². The highest BCUT2D eigenvalue weighted by atomic mass is 16.5. The largest absolute Gasteiger partial charge is 0.493 e. The minimum Gasteiger partial charge on any atom is -0.493 e. The third kappa shape index (κ3) is 2.78. The molecule has 2 heterocycles. The number of rotatable bonds is 4. The number of benzene rings is 1. The molecule has 2 atom stereocenters. The van der Waals surface area contributed by atoms with Crippen molar-refractivity contribution in [3.8, 4) is 5.75 Å². The quantitative estimate of drug-likeness (QED) is 0.935. The fourth-order valence-corrected chi connectivity index (χ4v) is 2.72. The highest BCUT2D eigenvalue weighted by Crippen LogP contribution is 2.32. The van der Waals surface area contributed by atoms with E-state index in [1.807, 2.05) is 18.2 Å². The SMILES string of the molecule is CC(C)C(CN)c1nc(C2COc3ccccc3C2)no1. The Morgan fingerprint density at radius 1 is 1.33 bits per heavy atom. The number of aromatic nitrogens is 2. The van der Waals surface area contributed by atoms with Crippen molar-refractivity contribution in [2.75, 3.05) is 13.2 Å². The van der Waals surface area contributed by atoms with Gasteiger partial charge < -0.3 is 15.0 Å². The third-order valence-corrected chi connectivity index (χ3v) is 4.08. The molecule has 0 fully saturated rings. The summed E-state index contributed by atoms with van der Waals surface area (Å²) >= 11 is 0. The van der Waals surface area contributed by atoms with Gasteiger partial charge in [0.1, 0.15) is 5.75 Å². The minimum absolute atomic E-state index is 0.114. The van der Waals surface area contributed by atoms with Crippen LogP contribution in [-0.4, -0.2) is 23.3 Å². The number of fused-ring (bicyclic) bond motifs is 1. The van der Waals surface area contributed by atoms with E-state index in [-0.39, 0.29) is 11.8 Å². The molecule has 5 heteroatoms. The van der Waals surface area contributed by atoms with Crippen molar-refractivity contribution in [1.82, 2.24) is 10.1 Å². The maximum absolute atomic E-state index is 5.80. The van der Waals surface area contributed by atoms with Crippen LogP contribution >= 0.6 is 0 Å². The summed E-state index contributed by atoms with van der Waals surface area (Å²) in [5, 5.41) is 4.14. The second kappa shape index (κ2) is 5.85. The Morgan fingerprint density at radius 3 is 2.90 bits per heavy atom. The van der Waals surface area contributed by atoms with Crippen LogP contribution in [0.5, 0.6) is 5.75 Å². The van der Waals surface area contributed by atoms with Gasteiger partial charge in [-0.15, -0.1) is 0 Å². The molecule has 0 radical (unpaired) electrons. The first-order valence-electron chi connectivity index (χ1n) is 7.43. The molecular weight excluding hydrogens is 266 g/mol. The summed E-state index contributed by atoms with van der Waals surface area (Å²) in [6.45, 7) is 5.33. The summed E-state index contributed by atoms with van der Waals surface area (Å²) in [7, 11) is 0. The fourth-order valence-electron chi connectivity index (χ4n) is 2.72. The highest BCUT2D eigenvalue weighted by Gasteiger charge is 2.27. The molecule has 1 aliphatic heterocycles. The topological polar surface area (TPSA) is 74.2 Å². The lowest BCUT2D eigenvalue weighted by molar-refractivity contribution is 0.253. The monoisotopic (exact) mass is 287 g/mol. The maximum Gasteiger partial charge on any atom is 0.231 e. The van der Waals surface area contributed by atoms with Crippen LogP contribution < -0.4 is 10.5 Å². The molecule has 5 nitrogen and oxygen atoms in total. The maximum atomic E-state index is 5.80. The molecule has 0 bridgehead atoms. The molecule has 3 rings (SSSR count). The Balaban J connectivity index is 1.79. The van der Waals surface area contributed by atoms with Gasteiger partial charge >= 0.3 is 0 Å². The molecule has 1 aromatic heterocycles. The van der Waals surface area contributed by atoms with Crippen LogP contribution in [0.2, 0.25) is 0 Å². The fraction of sp³-hybridized carbons (Fsp3) is 0.500. The molecule has 2 unspecified atom stereocenters. The summed E-state index contributed by atoms with van der Waals surface area (Å²) in [4.78, 5) is 4.56. The van der Waals surface area contributed by atoms with Crippen molar-refractivity contribution >= 4 is 0 Å². The number of para-hydroxylation sites is 1. The van der Waals surface area contributed by atoms with Crippen LogP contribution in [0.25, 0.3) is 0 Å². The zero-order chi connectivity index (χ0) is 14.8. The number of hydrogen-bond donors (Lipinski definition) is 1. The van der Waals surface area contributed by atoms with Crippen LogP contribution in [0.15, 0.2) is 28.8 Å². The first-order valence-corrected chi connectivity index (χ1v) is 7.43. The van der Waals surface area contributed by atoms with E-state index in [0.29, 0.717) is 25.0 Å². The van der Waals surface area contributed by atoms with Gasteiger partial charge in [-0.25, -0.2) is 0 Å². The van der Waals surface area contributed by atoms with E-state index in [1.54, 1.807) is 0 Å². The standard InChI is InChI=1S/C16H21N3O2/c1-10(2)13(8-17)16-18-15(19-21-16)12-7-11-5-3-4-6-14(11)20-9-12/h3-6,10,12-13H,7-9,17H2,1-2H3. The van der Waals surface area contributed by atoms with E-state index >= 15 is 0 Å². The first-order chi connectivity index (χ1) is 10.2. The molecule has 21 heavy (non-hydrogen) atoms. The third-order valence-electron chi connectivity index (χ3n) is 4.08. The van der Waals surface area contributed by atoms with Crippen LogP contribution in [0.3, 0.4) is 0 Å². The average Bonchev–Trinajstić information content (AvgIpc) is 2.96. The summed E-state index contributed by atoms with van der Waals surface area (Å²) in [5.74, 6) is 2.96. The summed E-state index contributed by atoms with van der Waals surface area (Å²) in [5.41, 5.74) is 7.00.